The summed E-state index contributed by atoms with van der Waals surface area (Å²) in [5, 5.41) is 11.4. The van der Waals surface area contributed by atoms with E-state index in [1.807, 2.05) is 19.1 Å². The molecule has 2 heterocycles. The van der Waals surface area contributed by atoms with Gasteiger partial charge in [0.15, 0.2) is 0 Å². The second kappa shape index (κ2) is 6.26. The van der Waals surface area contributed by atoms with Gasteiger partial charge in [0, 0.05) is 24.9 Å². The van der Waals surface area contributed by atoms with Crippen molar-refractivity contribution in [2.75, 3.05) is 13.1 Å². The summed E-state index contributed by atoms with van der Waals surface area (Å²) in [6.07, 6.45) is 3.64. The smallest absolute Gasteiger partial charge is 0.249 e. The van der Waals surface area contributed by atoms with Gasteiger partial charge < -0.3 is 9.73 Å². The van der Waals surface area contributed by atoms with Crippen LogP contribution in [0.15, 0.2) is 22.7 Å². The van der Waals surface area contributed by atoms with Crippen molar-refractivity contribution in [3.8, 4) is 11.5 Å². The van der Waals surface area contributed by atoms with Crippen LogP contribution in [0.25, 0.3) is 11.5 Å². The molecule has 5 nitrogen and oxygen atoms in total. The van der Waals surface area contributed by atoms with E-state index in [4.69, 9.17) is 4.42 Å². The first-order chi connectivity index (χ1) is 8.81. The summed E-state index contributed by atoms with van der Waals surface area (Å²) < 4.78 is 5.63. The molecule has 0 fully saturated rings. The Labute approximate surface area is 107 Å². The Bertz CT molecular complexity index is 495. The number of nitrogens with one attached hydrogen (secondary N) is 1. The maximum absolute atomic E-state index is 5.63. The lowest BCUT2D eigenvalue weighted by molar-refractivity contribution is 0.494. The fraction of sp³-hybridized carbons (Fsp3) is 0.462. The van der Waals surface area contributed by atoms with Crippen LogP contribution in [0.5, 0.6) is 0 Å². The van der Waals surface area contributed by atoms with Gasteiger partial charge in [-0.15, -0.1) is 10.2 Å². The third kappa shape index (κ3) is 3.13. The first-order valence-electron chi connectivity index (χ1n) is 6.26. The number of hydrogen-bond donors (Lipinski definition) is 1. The summed E-state index contributed by atoms with van der Waals surface area (Å²) in [5.41, 5.74) is 1.80. The van der Waals surface area contributed by atoms with Crippen molar-refractivity contribution in [2.45, 2.75) is 26.7 Å². The van der Waals surface area contributed by atoms with E-state index in [0.717, 1.165) is 37.2 Å². The molecule has 0 atom stereocenters. The number of nitrogens with zero attached hydrogens (tertiary/aromatic N) is 3. The summed E-state index contributed by atoms with van der Waals surface area (Å²) in [4.78, 5) is 4.21. The van der Waals surface area contributed by atoms with Gasteiger partial charge in [-0.1, -0.05) is 6.92 Å². The monoisotopic (exact) mass is 246 g/mol. The van der Waals surface area contributed by atoms with E-state index in [1.165, 1.54) is 0 Å². The predicted molar refractivity (Wildman–Crippen MR) is 69.1 cm³/mol. The minimum atomic E-state index is 0.547. The molecule has 96 valence electrons. The Morgan fingerprint density at radius 3 is 2.94 bits per heavy atom. The SMILES string of the molecule is CCCNCCc1nnc(-c2cccnc2C)o1. The first kappa shape index (κ1) is 12.7. The maximum atomic E-state index is 5.63. The fourth-order valence-corrected chi connectivity index (χ4v) is 1.67. The highest BCUT2D eigenvalue weighted by atomic mass is 16.4. The van der Waals surface area contributed by atoms with Crippen molar-refractivity contribution in [2.24, 2.45) is 0 Å². The molecule has 0 spiro atoms. The Balaban J connectivity index is 2.00. The maximum Gasteiger partial charge on any atom is 0.249 e. The van der Waals surface area contributed by atoms with Crippen molar-refractivity contribution >= 4 is 0 Å². The number of hydrogen-bond acceptors (Lipinski definition) is 5. The van der Waals surface area contributed by atoms with Crippen LogP contribution in [0.2, 0.25) is 0 Å². The van der Waals surface area contributed by atoms with E-state index in [1.54, 1.807) is 6.20 Å². The highest BCUT2D eigenvalue weighted by molar-refractivity contribution is 5.54. The third-order valence-corrected chi connectivity index (χ3v) is 2.65. The summed E-state index contributed by atoms with van der Waals surface area (Å²) in [6.45, 7) is 5.95. The Kier molecular flexibility index (Phi) is 4.41. The standard InChI is InChI=1S/C13H18N4O/c1-3-7-14-9-6-12-16-17-13(18-12)11-5-4-8-15-10(11)2/h4-5,8,14H,3,6-7,9H2,1-2H3. The summed E-state index contributed by atoms with van der Waals surface area (Å²) in [6, 6.07) is 3.81. The molecular formula is C13H18N4O. The molecule has 0 aliphatic rings. The highest BCUT2D eigenvalue weighted by Crippen LogP contribution is 2.19. The van der Waals surface area contributed by atoms with Crippen LogP contribution in [0.1, 0.15) is 24.9 Å². The van der Waals surface area contributed by atoms with Crippen molar-refractivity contribution in [3.63, 3.8) is 0 Å². The van der Waals surface area contributed by atoms with Crippen molar-refractivity contribution in [3.05, 3.63) is 29.9 Å². The summed E-state index contributed by atoms with van der Waals surface area (Å²) >= 11 is 0. The van der Waals surface area contributed by atoms with Crippen molar-refractivity contribution < 1.29 is 4.42 Å². The number of aryl methyl sites for hydroxylation is 1. The zero-order chi connectivity index (χ0) is 12.8. The molecule has 0 saturated heterocycles. The van der Waals surface area contributed by atoms with Gasteiger partial charge in [-0.25, -0.2) is 0 Å². The van der Waals surface area contributed by atoms with Gasteiger partial charge >= 0.3 is 0 Å². The van der Waals surface area contributed by atoms with Crippen LogP contribution in [0.3, 0.4) is 0 Å². The summed E-state index contributed by atoms with van der Waals surface area (Å²) in [5.74, 6) is 1.21. The minimum Gasteiger partial charge on any atom is -0.421 e. The van der Waals surface area contributed by atoms with Gasteiger partial charge in [0.25, 0.3) is 0 Å². The molecule has 0 bridgehead atoms. The fourth-order valence-electron chi connectivity index (χ4n) is 1.67. The van der Waals surface area contributed by atoms with Crippen molar-refractivity contribution in [1.82, 2.24) is 20.5 Å². The molecule has 0 radical (unpaired) electrons. The number of aromatic nitrogens is 3. The molecule has 0 aliphatic heterocycles. The molecule has 2 rings (SSSR count). The lowest BCUT2D eigenvalue weighted by atomic mass is 10.2. The Morgan fingerprint density at radius 2 is 2.17 bits per heavy atom. The van der Waals surface area contributed by atoms with Crippen LogP contribution >= 0.6 is 0 Å². The molecule has 0 aliphatic carbocycles. The molecular weight excluding hydrogens is 228 g/mol. The third-order valence-electron chi connectivity index (χ3n) is 2.65. The van der Waals surface area contributed by atoms with Gasteiger partial charge in [0.05, 0.1) is 5.56 Å². The van der Waals surface area contributed by atoms with Crippen LogP contribution in [0.4, 0.5) is 0 Å². The minimum absolute atomic E-state index is 0.547. The average molecular weight is 246 g/mol. The highest BCUT2D eigenvalue weighted by Gasteiger charge is 2.10. The number of pyridine rings is 1. The van der Waals surface area contributed by atoms with Gasteiger partial charge in [0.2, 0.25) is 11.8 Å². The van der Waals surface area contributed by atoms with Gasteiger partial charge in [-0.3, -0.25) is 4.98 Å². The van der Waals surface area contributed by atoms with E-state index in [0.29, 0.717) is 11.8 Å². The van der Waals surface area contributed by atoms with Crippen LogP contribution in [-0.4, -0.2) is 28.3 Å². The van der Waals surface area contributed by atoms with E-state index < -0.39 is 0 Å². The Hall–Kier alpha value is -1.75. The molecule has 0 amide bonds. The topological polar surface area (TPSA) is 63.8 Å². The van der Waals surface area contributed by atoms with Gasteiger partial charge in [-0.2, -0.15) is 0 Å². The lowest BCUT2D eigenvalue weighted by Crippen LogP contribution is -2.17. The van der Waals surface area contributed by atoms with E-state index >= 15 is 0 Å². The van der Waals surface area contributed by atoms with Crippen molar-refractivity contribution in [1.29, 1.82) is 0 Å². The molecule has 5 heteroatoms. The lowest BCUT2D eigenvalue weighted by Gasteiger charge is -1.99. The quantitative estimate of drug-likeness (QED) is 0.790. The molecule has 0 unspecified atom stereocenters. The molecule has 0 aromatic carbocycles. The largest absolute Gasteiger partial charge is 0.421 e. The molecule has 1 N–H and O–H groups in total. The van der Waals surface area contributed by atoms with E-state index in [-0.39, 0.29) is 0 Å². The number of rotatable bonds is 6. The van der Waals surface area contributed by atoms with Crippen LogP contribution in [-0.2, 0) is 6.42 Å². The molecule has 18 heavy (non-hydrogen) atoms. The predicted octanol–water partition coefficient (Wildman–Crippen LogP) is 1.98. The average Bonchev–Trinajstić information content (AvgIpc) is 2.84. The second-order valence-corrected chi connectivity index (χ2v) is 4.14. The Morgan fingerprint density at radius 1 is 1.28 bits per heavy atom. The molecule has 0 saturated carbocycles. The molecule has 2 aromatic heterocycles. The van der Waals surface area contributed by atoms with Gasteiger partial charge in [0.1, 0.15) is 0 Å². The zero-order valence-corrected chi connectivity index (χ0v) is 10.8. The molecule has 2 aromatic rings. The first-order valence-corrected chi connectivity index (χ1v) is 6.26. The van der Waals surface area contributed by atoms with E-state index in [9.17, 15) is 0 Å². The van der Waals surface area contributed by atoms with Crippen LogP contribution in [0, 0.1) is 6.92 Å². The summed E-state index contributed by atoms with van der Waals surface area (Å²) in [7, 11) is 0. The second-order valence-electron chi connectivity index (χ2n) is 4.14. The normalized spacial score (nSPS) is 10.8. The van der Waals surface area contributed by atoms with Crippen LogP contribution < -0.4 is 5.32 Å². The zero-order valence-electron chi connectivity index (χ0n) is 10.8. The van der Waals surface area contributed by atoms with Gasteiger partial charge in [-0.05, 0) is 32.0 Å². The van der Waals surface area contributed by atoms with E-state index in [2.05, 4.69) is 27.4 Å².